The van der Waals surface area contributed by atoms with Gasteiger partial charge in [-0.2, -0.15) is 0 Å². The highest BCUT2D eigenvalue weighted by atomic mass is 16.1. The van der Waals surface area contributed by atoms with E-state index in [1.165, 1.54) is 5.56 Å². The Morgan fingerprint density at radius 3 is 2.59 bits per heavy atom. The van der Waals surface area contributed by atoms with Crippen LogP contribution in [0.1, 0.15) is 52.5 Å². The molecule has 3 N–H and O–H groups in total. The summed E-state index contributed by atoms with van der Waals surface area (Å²) in [5.41, 5.74) is 2.08. The van der Waals surface area contributed by atoms with Gasteiger partial charge in [0.25, 0.3) is 0 Å². The predicted molar refractivity (Wildman–Crippen MR) is 113 cm³/mol. The quantitative estimate of drug-likeness (QED) is 0.484. The first-order valence-electron chi connectivity index (χ1n) is 10.1. The van der Waals surface area contributed by atoms with Crippen molar-refractivity contribution in [1.29, 1.82) is 0 Å². The van der Waals surface area contributed by atoms with Gasteiger partial charge in [0.15, 0.2) is 5.96 Å². The van der Waals surface area contributed by atoms with Crippen molar-refractivity contribution in [3.05, 3.63) is 29.8 Å². The second-order valence-corrected chi connectivity index (χ2v) is 7.61. The van der Waals surface area contributed by atoms with Crippen molar-refractivity contribution in [3.63, 3.8) is 0 Å². The third-order valence-corrected chi connectivity index (χ3v) is 4.91. The van der Waals surface area contributed by atoms with Crippen LogP contribution in [0.4, 0.5) is 5.69 Å². The number of fused-ring (bicyclic) bond motifs is 1. The van der Waals surface area contributed by atoms with Crippen LogP contribution in [0.5, 0.6) is 0 Å². The minimum atomic E-state index is 0.0661. The Balaban J connectivity index is 1.98. The summed E-state index contributed by atoms with van der Waals surface area (Å²) in [6, 6.07) is 9.04. The number of guanidine groups is 1. The van der Waals surface area contributed by atoms with Crippen molar-refractivity contribution < 1.29 is 4.79 Å². The van der Waals surface area contributed by atoms with Crippen LogP contribution in [-0.4, -0.2) is 55.0 Å². The number of nitrogens with one attached hydrogen (secondary N) is 3. The molecule has 1 amide bonds. The topological polar surface area (TPSA) is 68.8 Å². The normalized spacial score (nSPS) is 17.3. The largest absolute Gasteiger partial charge is 0.357 e. The van der Waals surface area contributed by atoms with E-state index in [-0.39, 0.29) is 11.8 Å². The number of hydrogen-bond donors (Lipinski definition) is 3. The fourth-order valence-corrected chi connectivity index (χ4v) is 3.62. The first kappa shape index (κ1) is 21.2. The van der Waals surface area contributed by atoms with Gasteiger partial charge in [0.1, 0.15) is 0 Å². The highest BCUT2D eigenvalue weighted by Crippen LogP contribution is 2.31. The standard InChI is InChI=1S/C21H35N5O/c1-6-22-21(23-11-12-26(15(2)3)16(4)5)24-14-17-13-20(27)25-19-10-8-7-9-18(17)19/h7-10,15-17H,6,11-14H2,1-5H3,(H,25,27)(H2,22,23,24). The van der Waals surface area contributed by atoms with Gasteiger partial charge < -0.3 is 16.0 Å². The fourth-order valence-electron chi connectivity index (χ4n) is 3.62. The molecule has 1 atom stereocenters. The average Bonchev–Trinajstić information content (AvgIpc) is 2.62. The Morgan fingerprint density at radius 2 is 1.93 bits per heavy atom. The van der Waals surface area contributed by atoms with Crippen LogP contribution in [0, 0.1) is 0 Å². The summed E-state index contributed by atoms with van der Waals surface area (Å²) in [7, 11) is 0. The average molecular weight is 374 g/mol. The first-order chi connectivity index (χ1) is 12.9. The second-order valence-electron chi connectivity index (χ2n) is 7.61. The second kappa shape index (κ2) is 10.3. The lowest BCUT2D eigenvalue weighted by Crippen LogP contribution is -2.45. The molecule has 0 saturated carbocycles. The third-order valence-electron chi connectivity index (χ3n) is 4.91. The zero-order valence-electron chi connectivity index (χ0n) is 17.4. The molecule has 1 aromatic rings. The van der Waals surface area contributed by atoms with Gasteiger partial charge in [0.05, 0.1) is 6.54 Å². The van der Waals surface area contributed by atoms with E-state index in [4.69, 9.17) is 4.99 Å². The minimum Gasteiger partial charge on any atom is -0.357 e. The zero-order valence-corrected chi connectivity index (χ0v) is 17.4. The van der Waals surface area contributed by atoms with Crippen molar-refractivity contribution in [1.82, 2.24) is 15.5 Å². The maximum atomic E-state index is 12.0. The molecule has 27 heavy (non-hydrogen) atoms. The van der Waals surface area contributed by atoms with E-state index in [9.17, 15) is 4.79 Å². The van der Waals surface area contributed by atoms with E-state index in [0.717, 1.165) is 31.3 Å². The smallest absolute Gasteiger partial charge is 0.225 e. The molecule has 1 aliphatic heterocycles. The maximum absolute atomic E-state index is 12.0. The van der Waals surface area contributed by atoms with Crippen molar-refractivity contribution >= 4 is 17.6 Å². The summed E-state index contributed by atoms with van der Waals surface area (Å²) in [5, 5.41) is 9.69. The van der Waals surface area contributed by atoms with Gasteiger partial charge in [-0.05, 0) is 46.2 Å². The van der Waals surface area contributed by atoms with Crippen molar-refractivity contribution in [2.75, 3.05) is 31.5 Å². The zero-order chi connectivity index (χ0) is 19.8. The van der Waals surface area contributed by atoms with Crippen LogP contribution in [0.15, 0.2) is 29.3 Å². The number of nitrogens with zero attached hydrogens (tertiary/aromatic N) is 2. The highest BCUT2D eigenvalue weighted by molar-refractivity contribution is 5.94. The van der Waals surface area contributed by atoms with E-state index < -0.39 is 0 Å². The van der Waals surface area contributed by atoms with Crippen LogP contribution in [0.2, 0.25) is 0 Å². The van der Waals surface area contributed by atoms with Gasteiger partial charge in [-0.3, -0.25) is 14.7 Å². The lowest BCUT2D eigenvalue weighted by molar-refractivity contribution is -0.116. The van der Waals surface area contributed by atoms with Crippen LogP contribution in [-0.2, 0) is 4.79 Å². The van der Waals surface area contributed by atoms with E-state index >= 15 is 0 Å². The molecule has 0 aromatic heterocycles. The van der Waals surface area contributed by atoms with E-state index in [1.807, 2.05) is 18.2 Å². The van der Waals surface area contributed by atoms with Crippen molar-refractivity contribution in [3.8, 4) is 0 Å². The first-order valence-corrected chi connectivity index (χ1v) is 10.1. The number of carbonyl (C=O) groups is 1. The molecule has 0 fully saturated rings. The molecule has 1 unspecified atom stereocenters. The molecule has 150 valence electrons. The van der Waals surface area contributed by atoms with Gasteiger partial charge in [-0.1, -0.05) is 18.2 Å². The number of carbonyl (C=O) groups excluding carboxylic acids is 1. The van der Waals surface area contributed by atoms with Crippen LogP contribution >= 0.6 is 0 Å². The van der Waals surface area contributed by atoms with Crippen molar-refractivity contribution in [2.45, 2.75) is 59.0 Å². The summed E-state index contributed by atoms with van der Waals surface area (Å²) < 4.78 is 0. The molecule has 1 aromatic carbocycles. The molecule has 0 spiro atoms. The van der Waals surface area contributed by atoms with E-state index in [2.05, 4.69) is 61.5 Å². The number of para-hydroxylation sites is 1. The van der Waals surface area contributed by atoms with Gasteiger partial charge in [0.2, 0.25) is 5.91 Å². The van der Waals surface area contributed by atoms with Crippen LogP contribution < -0.4 is 16.0 Å². The van der Waals surface area contributed by atoms with Crippen LogP contribution in [0.25, 0.3) is 0 Å². The Morgan fingerprint density at radius 1 is 1.22 bits per heavy atom. The summed E-state index contributed by atoms with van der Waals surface area (Å²) in [4.78, 5) is 19.2. The number of amides is 1. The van der Waals surface area contributed by atoms with Gasteiger partial charge in [-0.25, -0.2) is 0 Å². The molecule has 2 rings (SSSR count). The molecular formula is C21H35N5O. The van der Waals surface area contributed by atoms with Gasteiger partial charge in [0, 0.05) is 49.7 Å². The SMILES string of the molecule is CCNC(=NCC1CC(=O)Nc2ccccc21)NCCN(C(C)C)C(C)C. The molecule has 0 aliphatic carbocycles. The Bertz CT molecular complexity index is 633. The molecule has 6 heteroatoms. The van der Waals surface area contributed by atoms with E-state index in [0.29, 0.717) is 25.0 Å². The molecule has 0 saturated heterocycles. The predicted octanol–water partition coefficient (Wildman–Crippen LogP) is 2.79. The Hall–Kier alpha value is -2.08. The summed E-state index contributed by atoms with van der Waals surface area (Å²) in [5.74, 6) is 0.998. The summed E-state index contributed by atoms with van der Waals surface area (Å²) in [6.45, 7) is 14.2. The van der Waals surface area contributed by atoms with Gasteiger partial charge >= 0.3 is 0 Å². The van der Waals surface area contributed by atoms with Crippen molar-refractivity contribution in [2.24, 2.45) is 4.99 Å². The lowest BCUT2D eigenvalue weighted by Gasteiger charge is -2.30. The highest BCUT2D eigenvalue weighted by Gasteiger charge is 2.24. The maximum Gasteiger partial charge on any atom is 0.225 e. The Labute approximate surface area is 163 Å². The molecule has 1 aliphatic rings. The van der Waals surface area contributed by atoms with E-state index in [1.54, 1.807) is 0 Å². The lowest BCUT2D eigenvalue weighted by atomic mass is 9.91. The number of hydrogen-bond acceptors (Lipinski definition) is 3. The molecule has 1 heterocycles. The number of benzene rings is 1. The minimum absolute atomic E-state index is 0.0661. The summed E-state index contributed by atoms with van der Waals surface area (Å²) in [6.07, 6.45) is 0.481. The van der Waals surface area contributed by atoms with Gasteiger partial charge in [-0.15, -0.1) is 0 Å². The Kier molecular flexibility index (Phi) is 8.10. The monoisotopic (exact) mass is 373 g/mol. The number of aliphatic imine (C=N–C) groups is 1. The number of rotatable bonds is 8. The molecule has 0 radical (unpaired) electrons. The molecule has 6 nitrogen and oxygen atoms in total. The molecular weight excluding hydrogens is 338 g/mol. The third kappa shape index (κ3) is 6.24. The number of anilines is 1. The molecule has 0 bridgehead atoms. The summed E-state index contributed by atoms with van der Waals surface area (Å²) >= 11 is 0. The van der Waals surface area contributed by atoms with Crippen LogP contribution in [0.3, 0.4) is 0 Å². The fraction of sp³-hybridized carbons (Fsp3) is 0.619.